The largest absolute Gasteiger partial charge is 0.467 e. The minimum absolute atomic E-state index is 0.203. The van der Waals surface area contributed by atoms with Crippen molar-refractivity contribution in [2.75, 3.05) is 19.5 Å². The first kappa shape index (κ1) is 18.0. The monoisotopic (exact) mass is 342 g/mol. The predicted octanol–water partition coefficient (Wildman–Crippen LogP) is 2.51. The fourth-order valence-corrected chi connectivity index (χ4v) is 2.21. The number of rotatable bonds is 5. The zero-order valence-electron chi connectivity index (χ0n) is 13.8. The minimum atomic E-state index is -0.975. The van der Waals surface area contributed by atoms with Crippen molar-refractivity contribution in [1.29, 1.82) is 0 Å². The van der Waals surface area contributed by atoms with Gasteiger partial charge in [-0.3, -0.25) is 0 Å². The van der Waals surface area contributed by atoms with Crippen LogP contribution in [0, 0.1) is 0 Å². The lowest BCUT2D eigenvalue weighted by Crippen LogP contribution is -2.37. The highest BCUT2D eigenvalue weighted by molar-refractivity contribution is 6.01. The van der Waals surface area contributed by atoms with Crippen LogP contribution in [-0.4, -0.2) is 32.2 Å². The van der Waals surface area contributed by atoms with Crippen LogP contribution in [0.2, 0.25) is 0 Å². The molecule has 0 heterocycles. The molecule has 1 unspecified atom stereocenters. The number of ether oxygens (including phenoxy) is 2. The number of carbonyl (C=O) groups is 3. The van der Waals surface area contributed by atoms with E-state index in [1.165, 1.54) is 20.3 Å². The van der Waals surface area contributed by atoms with Crippen LogP contribution < -0.4 is 10.6 Å². The molecule has 1 atom stereocenters. The molecule has 2 aromatic rings. The Labute approximate surface area is 144 Å². The second-order valence-corrected chi connectivity index (χ2v) is 5.00. The molecular formula is C18H18N2O5. The Hall–Kier alpha value is -3.35. The first-order chi connectivity index (χ1) is 12.1. The SMILES string of the molecule is COC(=O)c1ccccc1NC(=O)NC(C(=O)OC)c1ccccc1. The van der Waals surface area contributed by atoms with Crippen LogP contribution in [0.5, 0.6) is 0 Å². The van der Waals surface area contributed by atoms with Crippen LogP contribution in [0.4, 0.5) is 10.5 Å². The Kier molecular flexibility index (Phi) is 6.11. The van der Waals surface area contributed by atoms with Gasteiger partial charge in [0.15, 0.2) is 6.04 Å². The number of methoxy groups -OCH3 is 2. The summed E-state index contributed by atoms with van der Waals surface area (Å²) in [5.74, 6) is -1.19. The number of hydrogen-bond acceptors (Lipinski definition) is 5. The molecule has 0 saturated carbocycles. The maximum absolute atomic E-state index is 12.3. The Morgan fingerprint density at radius 1 is 0.880 bits per heavy atom. The lowest BCUT2D eigenvalue weighted by molar-refractivity contribution is -0.143. The van der Waals surface area contributed by atoms with Gasteiger partial charge in [-0.05, 0) is 17.7 Å². The molecule has 130 valence electrons. The molecule has 0 radical (unpaired) electrons. The normalized spacial score (nSPS) is 11.1. The summed E-state index contributed by atoms with van der Waals surface area (Å²) in [6.45, 7) is 0. The summed E-state index contributed by atoms with van der Waals surface area (Å²) < 4.78 is 9.42. The first-order valence-electron chi connectivity index (χ1n) is 7.44. The molecule has 2 rings (SSSR count). The lowest BCUT2D eigenvalue weighted by Gasteiger charge is -2.18. The van der Waals surface area contributed by atoms with Crippen molar-refractivity contribution in [3.05, 3.63) is 65.7 Å². The number of para-hydroxylation sites is 1. The van der Waals surface area contributed by atoms with Gasteiger partial charge in [-0.15, -0.1) is 0 Å². The number of nitrogens with one attached hydrogen (secondary N) is 2. The van der Waals surface area contributed by atoms with Gasteiger partial charge in [0.25, 0.3) is 0 Å². The van der Waals surface area contributed by atoms with Crippen LogP contribution in [0.25, 0.3) is 0 Å². The van der Waals surface area contributed by atoms with Gasteiger partial charge >= 0.3 is 18.0 Å². The van der Waals surface area contributed by atoms with E-state index in [0.29, 0.717) is 5.56 Å². The maximum atomic E-state index is 12.3. The summed E-state index contributed by atoms with van der Waals surface area (Å²) in [6, 6.07) is 13.5. The molecule has 2 aromatic carbocycles. The number of benzene rings is 2. The van der Waals surface area contributed by atoms with Gasteiger partial charge in [0.1, 0.15) is 0 Å². The molecule has 2 amide bonds. The summed E-state index contributed by atoms with van der Waals surface area (Å²) in [5.41, 5.74) is 1.05. The van der Waals surface area contributed by atoms with E-state index in [2.05, 4.69) is 15.4 Å². The number of anilines is 1. The first-order valence-corrected chi connectivity index (χ1v) is 7.44. The van der Waals surface area contributed by atoms with Crippen molar-refractivity contribution in [2.45, 2.75) is 6.04 Å². The number of carbonyl (C=O) groups excluding carboxylic acids is 3. The van der Waals surface area contributed by atoms with Gasteiger partial charge in [-0.25, -0.2) is 14.4 Å². The second-order valence-electron chi connectivity index (χ2n) is 5.00. The zero-order chi connectivity index (χ0) is 18.2. The minimum Gasteiger partial charge on any atom is -0.467 e. The highest BCUT2D eigenvalue weighted by atomic mass is 16.5. The molecule has 0 aliphatic carbocycles. The molecule has 7 heteroatoms. The zero-order valence-corrected chi connectivity index (χ0v) is 13.8. The van der Waals surface area contributed by atoms with E-state index in [1.54, 1.807) is 48.5 Å². The van der Waals surface area contributed by atoms with Crippen molar-refractivity contribution in [3.8, 4) is 0 Å². The van der Waals surface area contributed by atoms with E-state index in [-0.39, 0.29) is 11.3 Å². The van der Waals surface area contributed by atoms with Crippen LogP contribution in [0.1, 0.15) is 22.0 Å². The van der Waals surface area contributed by atoms with Gasteiger partial charge < -0.3 is 20.1 Å². The summed E-state index contributed by atoms with van der Waals surface area (Å²) >= 11 is 0. The molecule has 0 aromatic heterocycles. The fraction of sp³-hybridized carbons (Fsp3) is 0.167. The smallest absolute Gasteiger partial charge is 0.339 e. The van der Waals surface area contributed by atoms with Gasteiger partial charge in [0.2, 0.25) is 0 Å². The summed E-state index contributed by atoms with van der Waals surface area (Å²) in [4.78, 5) is 36.0. The van der Waals surface area contributed by atoms with Crippen LogP contribution in [0.15, 0.2) is 54.6 Å². The van der Waals surface area contributed by atoms with Crippen molar-refractivity contribution >= 4 is 23.7 Å². The van der Waals surface area contributed by atoms with E-state index in [9.17, 15) is 14.4 Å². The summed E-state index contributed by atoms with van der Waals surface area (Å²) in [6.07, 6.45) is 0. The third-order valence-corrected chi connectivity index (χ3v) is 3.43. The molecular weight excluding hydrogens is 324 g/mol. The average Bonchev–Trinajstić information content (AvgIpc) is 2.66. The summed E-state index contributed by atoms with van der Waals surface area (Å²) in [5, 5.41) is 5.09. The van der Waals surface area contributed by atoms with Crippen molar-refractivity contribution < 1.29 is 23.9 Å². The van der Waals surface area contributed by atoms with Crippen molar-refractivity contribution in [1.82, 2.24) is 5.32 Å². The number of amides is 2. The maximum Gasteiger partial charge on any atom is 0.339 e. The van der Waals surface area contributed by atoms with Gasteiger partial charge in [-0.2, -0.15) is 0 Å². The molecule has 0 bridgehead atoms. The van der Waals surface area contributed by atoms with E-state index in [0.717, 1.165) is 0 Å². The third-order valence-electron chi connectivity index (χ3n) is 3.43. The van der Waals surface area contributed by atoms with E-state index in [1.807, 2.05) is 0 Å². The molecule has 0 saturated heterocycles. The third kappa shape index (κ3) is 4.57. The summed E-state index contributed by atoms with van der Waals surface area (Å²) in [7, 11) is 2.49. The van der Waals surface area contributed by atoms with E-state index >= 15 is 0 Å². The van der Waals surface area contributed by atoms with Crippen LogP contribution in [-0.2, 0) is 14.3 Å². The average molecular weight is 342 g/mol. The molecule has 0 fully saturated rings. The second kappa shape index (κ2) is 8.49. The van der Waals surface area contributed by atoms with Gasteiger partial charge in [0.05, 0.1) is 25.5 Å². The Balaban J connectivity index is 2.18. The van der Waals surface area contributed by atoms with Gasteiger partial charge in [-0.1, -0.05) is 42.5 Å². The molecule has 0 aliphatic rings. The standard InChI is InChI=1S/C18H18N2O5/c1-24-16(21)13-10-6-7-11-14(13)19-18(23)20-15(17(22)25-2)12-8-4-3-5-9-12/h3-11,15H,1-2H3,(H2,19,20,23). The molecule has 0 spiro atoms. The molecule has 7 nitrogen and oxygen atoms in total. The number of esters is 2. The Morgan fingerprint density at radius 2 is 1.52 bits per heavy atom. The molecule has 25 heavy (non-hydrogen) atoms. The van der Waals surface area contributed by atoms with Gasteiger partial charge in [0, 0.05) is 0 Å². The molecule has 2 N–H and O–H groups in total. The quantitative estimate of drug-likeness (QED) is 0.814. The van der Waals surface area contributed by atoms with Crippen LogP contribution in [0.3, 0.4) is 0 Å². The van der Waals surface area contributed by atoms with Crippen molar-refractivity contribution in [2.24, 2.45) is 0 Å². The van der Waals surface area contributed by atoms with Crippen LogP contribution >= 0.6 is 0 Å². The highest BCUT2D eigenvalue weighted by Crippen LogP contribution is 2.18. The van der Waals surface area contributed by atoms with E-state index in [4.69, 9.17) is 4.74 Å². The topological polar surface area (TPSA) is 93.7 Å². The number of hydrogen-bond donors (Lipinski definition) is 2. The molecule has 0 aliphatic heterocycles. The Bertz CT molecular complexity index is 761. The van der Waals surface area contributed by atoms with E-state index < -0.39 is 24.0 Å². The predicted molar refractivity (Wildman–Crippen MR) is 91.1 cm³/mol. The Morgan fingerprint density at radius 3 is 2.16 bits per heavy atom. The van der Waals surface area contributed by atoms with Crippen molar-refractivity contribution in [3.63, 3.8) is 0 Å². The lowest BCUT2D eigenvalue weighted by atomic mass is 10.1. The highest BCUT2D eigenvalue weighted by Gasteiger charge is 2.24. The fourth-order valence-electron chi connectivity index (χ4n) is 2.21. The number of urea groups is 1.